The van der Waals surface area contributed by atoms with Crippen molar-refractivity contribution in [2.75, 3.05) is 54.6 Å². The zero-order chi connectivity index (χ0) is 97.5. The van der Waals surface area contributed by atoms with Crippen LogP contribution in [0.15, 0.2) is 142 Å². The van der Waals surface area contributed by atoms with Gasteiger partial charge in [-0.1, -0.05) is 193 Å². The average molecular weight is 1850 g/mol. The van der Waals surface area contributed by atoms with E-state index in [1.165, 1.54) is 145 Å². The molecule has 6 fully saturated rings. The lowest BCUT2D eigenvalue weighted by Gasteiger charge is -2.31. The molecule has 24 nitrogen and oxygen atoms in total. The van der Waals surface area contributed by atoms with Crippen molar-refractivity contribution < 1.29 is 57.3 Å². The van der Waals surface area contributed by atoms with E-state index in [4.69, 9.17) is 38.9 Å². The summed E-state index contributed by atoms with van der Waals surface area (Å²) in [6.45, 7) is 39.9. The molecule has 24 heteroatoms. The molecule has 18 rings (SSSR count). The molecule has 4 unspecified atom stereocenters. The van der Waals surface area contributed by atoms with Crippen LogP contribution in [0.25, 0.3) is 33.4 Å². The molecule has 0 spiro atoms. The number of carbonyl (C=O) groups excluding carboxylic acids is 8. The van der Waals surface area contributed by atoms with Crippen molar-refractivity contribution in [1.29, 1.82) is 0 Å². The van der Waals surface area contributed by atoms with Crippen LogP contribution in [0.1, 0.15) is 240 Å². The molecule has 8 amide bonds. The molecule has 0 radical (unpaired) electrons. The molecule has 8 heterocycles. The summed E-state index contributed by atoms with van der Waals surface area (Å²) in [5.41, 5.74) is 30.4. The fourth-order valence-electron chi connectivity index (χ4n) is 23.2. The second-order valence-corrected chi connectivity index (χ2v) is 43.6. The Labute approximate surface area is 805 Å². The van der Waals surface area contributed by atoms with Crippen molar-refractivity contribution in [3.05, 3.63) is 188 Å². The zero-order valence-corrected chi connectivity index (χ0v) is 84.1. The number of carbonyl (C=O) groups is 8. The number of hydrogen-bond acceptors (Lipinski definition) is 16. The Morgan fingerprint density at radius 2 is 0.713 bits per heavy atom. The lowest BCUT2D eigenvalue weighted by molar-refractivity contribution is -0.135. The summed E-state index contributed by atoms with van der Waals surface area (Å²) in [4.78, 5) is 129. The van der Waals surface area contributed by atoms with Gasteiger partial charge in [0.2, 0.25) is 23.6 Å². The number of alkyl carbamates (subject to hydrolysis) is 4. The second-order valence-electron chi connectivity index (χ2n) is 43.6. The van der Waals surface area contributed by atoms with E-state index in [2.05, 4.69) is 200 Å². The van der Waals surface area contributed by atoms with Crippen LogP contribution in [-0.2, 0) is 63.8 Å². The molecule has 4 saturated heterocycles. The minimum atomic E-state index is -0.635. The summed E-state index contributed by atoms with van der Waals surface area (Å²) in [5.74, 6) is 3.54. The monoisotopic (exact) mass is 1850 g/mol. The first-order chi connectivity index (χ1) is 64.7. The SMILES string of the molecule is COC(=O)N[C@H](C(=O)N1CC(C)(C)C[C@H]1C1=NC=C(c2ccc(C)cc2)C1)C(C)C.COC(=O)N[C@H](C(=O)N1CC(C)(C)C[C@H]1C1=Nc2ccc(-c3ccc(C)c4c3CC3CCC43)cc2C1)C(C)C.COC(=O)N[C@H](C(=O)N1C[C@@H](C)C[C@H]1C1=NC=C(c2ccc(C)cc2)C1)C(C)C.COC(=O)N[C@H](C(=O)N1C[C@@H](C)C[C@H]1C1=Nc2ccc(-c3ccc(C)c4c3CC3CCC43)cc2C1)C(C)C. The minimum absolute atomic E-state index is 0.0117. The predicted molar refractivity (Wildman–Crippen MR) is 539 cm³/mol. The number of likely N-dealkylation sites (tertiary alicyclic amines) is 4. The summed E-state index contributed by atoms with van der Waals surface area (Å²) in [7, 11) is 5.27. The van der Waals surface area contributed by atoms with Gasteiger partial charge in [-0.2, -0.15) is 0 Å². The maximum absolute atomic E-state index is 13.8. The number of amides is 8. The third kappa shape index (κ3) is 21.1. The predicted octanol–water partition coefficient (Wildman–Crippen LogP) is 20.3. The van der Waals surface area contributed by atoms with Gasteiger partial charge >= 0.3 is 24.4 Å². The summed E-state index contributed by atoms with van der Waals surface area (Å²) in [6, 6.07) is 36.9. The normalized spacial score (nSPS) is 23.8. The van der Waals surface area contributed by atoms with Crippen LogP contribution < -0.4 is 21.3 Å². The van der Waals surface area contributed by atoms with Gasteiger partial charge in [0.15, 0.2) is 0 Å². The van der Waals surface area contributed by atoms with E-state index in [1.54, 1.807) is 22.3 Å². The van der Waals surface area contributed by atoms with E-state index in [0.717, 1.165) is 109 Å². The first-order valence-corrected chi connectivity index (χ1v) is 49.6. The number of aliphatic imine (C=N–C) groups is 4. The molecule has 0 aromatic heterocycles. The third-order valence-corrected chi connectivity index (χ3v) is 30.8. The van der Waals surface area contributed by atoms with Crippen LogP contribution in [0.3, 0.4) is 0 Å². The Morgan fingerprint density at radius 3 is 1.05 bits per heavy atom. The molecule has 8 aliphatic heterocycles. The average Bonchev–Trinajstić information content (AvgIpc) is 1.59. The lowest BCUT2D eigenvalue weighted by Crippen LogP contribution is -2.54. The molecule has 4 aliphatic carbocycles. The molecule has 136 heavy (non-hydrogen) atoms. The van der Waals surface area contributed by atoms with E-state index in [9.17, 15) is 38.4 Å². The highest BCUT2D eigenvalue weighted by molar-refractivity contribution is 6.07. The summed E-state index contributed by atoms with van der Waals surface area (Å²) in [6.07, 6.45) is 15.9. The Kier molecular flexibility index (Phi) is 29.8. The number of methoxy groups -OCH3 is 4. The molecule has 2 saturated carbocycles. The molecule has 724 valence electrons. The van der Waals surface area contributed by atoms with Crippen LogP contribution in [0, 0.1) is 85.9 Å². The number of nitrogens with zero attached hydrogens (tertiary/aromatic N) is 8. The minimum Gasteiger partial charge on any atom is -0.453 e. The first-order valence-electron chi connectivity index (χ1n) is 49.6. The van der Waals surface area contributed by atoms with E-state index in [0.29, 0.717) is 38.0 Å². The second kappa shape index (κ2) is 41.0. The summed E-state index contributed by atoms with van der Waals surface area (Å²) in [5, 5.41) is 10.9. The number of hydrogen-bond donors (Lipinski definition) is 4. The maximum atomic E-state index is 13.8. The smallest absolute Gasteiger partial charge is 0.407 e. The number of benzene rings is 6. The number of aryl methyl sites for hydroxylation is 4. The number of rotatable bonds is 20. The van der Waals surface area contributed by atoms with Crippen molar-refractivity contribution in [2.24, 2.45) is 78.1 Å². The van der Waals surface area contributed by atoms with Crippen LogP contribution >= 0.6 is 0 Å². The van der Waals surface area contributed by atoms with Crippen LogP contribution in [0.2, 0.25) is 0 Å². The highest BCUT2D eigenvalue weighted by Gasteiger charge is 2.51. The molecule has 4 N–H and O–H groups in total. The van der Waals surface area contributed by atoms with Crippen molar-refractivity contribution in [3.8, 4) is 22.3 Å². The highest BCUT2D eigenvalue weighted by atomic mass is 16.5. The van der Waals surface area contributed by atoms with Crippen molar-refractivity contribution in [3.63, 3.8) is 0 Å². The van der Waals surface area contributed by atoms with Gasteiger partial charge in [0, 0.05) is 87.1 Å². The van der Waals surface area contributed by atoms with Gasteiger partial charge in [0.1, 0.15) is 24.2 Å². The third-order valence-electron chi connectivity index (χ3n) is 30.8. The number of allylic oxidation sites excluding steroid dienone is 2. The largest absolute Gasteiger partial charge is 0.453 e. The maximum Gasteiger partial charge on any atom is 0.407 e. The Balaban J connectivity index is 0.000000139. The molecular weight excluding hydrogens is 1710 g/mol. The molecule has 0 bridgehead atoms. The molecule has 6 aromatic carbocycles. The number of fused-ring (bicyclic) bond motifs is 8. The van der Waals surface area contributed by atoms with Gasteiger partial charge in [0.25, 0.3) is 0 Å². The Morgan fingerprint density at radius 1 is 0.390 bits per heavy atom. The summed E-state index contributed by atoms with van der Waals surface area (Å²) >= 11 is 0. The Bertz CT molecular complexity index is 5780. The topological polar surface area (TPSA) is 284 Å². The van der Waals surface area contributed by atoms with Crippen LogP contribution in [0.5, 0.6) is 0 Å². The van der Waals surface area contributed by atoms with Gasteiger partial charge in [-0.05, 0) is 275 Å². The number of nitrogens with one attached hydrogen (secondary N) is 4. The van der Waals surface area contributed by atoms with E-state index in [1.807, 2.05) is 87.4 Å². The molecular formula is C112H144N12O12. The van der Waals surface area contributed by atoms with Crippen LogP contribution in [0.4, 0.5) is 30.6 Å². The van der Waals surface area contributed by atoms with Gasteiger partial charge in [-0.3, -0.25) is 39.1 Å². The molecule has 14 atom stereocenters. The highest BCUT2D eigenvalue weighted by Crippen LogP contribution is 2.57. The van der Waals surface area contributed by atoms with Crippen molar-refractivity contribution in [1.82, 2.24) is 40.9 Å². The van der Waals surface area contributed by atoms with Crippen molar-refractivity contribution in [2.45, 2.75) is 275 Å². The standard InChI is InChI=1S/C33H41N3O3.C32H39N3O3.C24H33N3O3.C23H31N3O3/c1-18(2)30(35-32(38)39-6)31(37)36-17-33(4,5)16-28(36)27-15-22-13-20(9-12-26(22)34-27)23-10-7-19(3)29-24-11-8-21(24)14-25(23)29;1-17(2)30(34-32(37)38-5)31(36)35-16-18(3)12-28(35)27-15-22-13-20(8-11-26(22)33-27)23-9-6-19(4)29-24-10-7-21(24)14-25(23)29;1-15(2)21(26-23(29)30-6)22(28)27-14-24(4,5)12-20(27)19-11-18(13-25-19)17-9-7-16(3)8-10-17;1-14(2)21(25-23(28)29-5)22(27)26-13-16(4)10-20(26)19-11-18(12-24-19)17-8-6-15(3)7-9-17/h7,9-10,12-13,18,21,24,28,30H,8,11,14-17H2,1-6H3,(H,35,38);6,8-9,11,13,17-18,21,24,28,30H,7,10,12,14-16H2,1-5H3,(H,34,37);7-10,13,15,20-21H,11-12,14H2,1-6H3,(H,26,29);6-9,12,14,16,20-21H,10-11,13H2,1-5H3,(H,25,28)/t21?,24?,28-,30-;18-,21?,24?,28-,30-;20-,21-;16-,20-,21-/m0000/s1. The van der Waals surface area contributed by atoms with Crippen LogP contribution in [-0.4, -0.2) is 193 Å². The van der Waals surface area contributed by atoms with Gasteiger partial charge < -0.3 is 59.8 Å². The zero-order valence-electron chi connectivity index (χ0n) is 84.1. The fraction of sp³-hybridized carbons (Fsp3) is 0.536. The van der Waals surface area contributed by atoms with E-state index in [-0.39, 0.29) is 82.3 Å². The quantitative estimate of drug-likeness (QED) is 0.0519. The molecule has 12 aliphatic rings. The number of ether oxygens (including phenoxy) is 4. The van der Waals surface area contributed by atoms with Crippen molar-refractivity contribution >= 4 is 93.4 Å². The van der Waals surface area contributed by atoms with E-state index < -0.39 is 48.5 Å². The fourth-order valence-corrected chi connectivity index (χ4v) is 23.2. The van der Waals surface area contributed by atoms with Gasteiger partial charge in [0.05, 0.1) is 64.0 Å². The molecule has 6 aromatic rings. The lowest BCUT2D eigenvalue weighted by atomic mass is 9.73. The van der Waals surface area contributed by atoms with Gasteiger partial charge in [-0.15, -0.1) is 0 Å². The Hall–Kier alpha value is -11.6. The van der Waals surface area contributed by atoms with E-state index >= 15 is 0 Å². The van der Waals surface area contributed by atoms with Gasteiger partial charge in [-0.25, -0.2) is 19.2 Å². The summed E-state index contributed by atoms with van der Waals surface area (Å²) < 4.78 is 19.0. The first kappa shape index (κ1) is 98.9.